The fourth-order valence-electron chi connectivity index (χ4n) is 8.73. The standard InChI is InChI=1S/C47H31N3O/c1-47(2)38-20-9-6-15-31(38)33-19-12-18-30(42(33)47)29-23-26-40-37(27-29)34-24-25-35-32-16-8-11-22-41(32)51-45(35)44(34)50(40)46-48-39-21-10-7-17-36(39)43(49-46)28-13-4-3-5-14-28/h3-27H,1-2H3. The molecule has 10 aromatic rings. The number of benzene rings is 7. The number of hydrogen-bond acceptors (Lipinski definition) is 3. The molecule has 1 aliphatic carbocycles. The van der Waals surface area contributed by atoms with Gasteiger partial charge in [-0.25, -0.2) is 9.97 Å². The third kappa shape index (κ3) is 3.90. The van der Waals surface area contributed by atoms with Gasteiger partial charge in [-0.3, -0.25) is 4.57 Å². The van der Waals surface area contributed by atoms with Gasteiger partial charge in [0.25, 0.3) is 0 Å². The Kier molecular flexibility index (Phi) is 5.70. The van der Waals surface area contributed by atoms with Crippen molar-refractivity contribution in [1.29, 1.82) is 0 Å². The summed E-state index contributed by atoms with van der Waals surface area (Å²) in [5, 5.41) is 5.43. The van der Waals surface area contributed by atoms with E-state index in [1.54, 1.807) is 0 Å². The fourth-order valence-corrected chi connectivity index (χ4v) is 8.73. The second-order valence-electron chi connectivity index (χ2n) is 14.2. The molecule has 11 rings (SSSR count). The number of aromatic nitrogens is 3. The zero-order valence-electron chi connectivity index (χ0n) is 28.2. The van der Waals surface area contributed by atoms with Gasteiger partial charge in [0.1, 0.15) is 11.1 Å². The topological polar surface area (TPSA) is 43.9 Å². The van der Waals surface area contributed by atoms with E-state index in [-0.39, 0.29) is 5.41 Å². The van der Waals surface area contributed by atoms with Crippen LogP contribution in [0.3, 0.4) is 0 Å². The number of furan rings is 1. The lowest BCUT2D eigenvalue weighted by Gasteiger charge is -2.24. The summed E-state index contributed by atoms with van der Waals surface area (Å²) >= 11 is 0. The number of fused-ring (bicyclic) bond motifs is 11. The molecule has 0 N–H and O–H groups in total. The first-order valence-corrected chi connectivity index (χ1v) is 17.5. The van der Waals surface area contributed by atoms with Crippen LogP contribution in [0, 0.1) is 0 Å². The Morgan fingerprint density at radius 2 is 1.25 bits per heavy atom. The summed E-state index contributed by atoms with van der Waals surface area (Å²) in [5.74, 6) is 0.616. The molecule has 0 radical (unpaired) electrons. The summed E-state index contributed by atoms with van der Waals surface area (Å²) in [7, 11) is 0. The fraction of sp³-hybridized carbons (Fsp3) is 0.0638. The summed E-state index contributed by atoms with van der Waals surface area (Å²) < 4.78 is 8.94. The molecule has 51 heavy (non-hydrogen) atoms. The molecular formula is C47H31N3O. The van der Waals surface area contributed by atoms with Crippen molar-refractivity contribution < 1.29 is 4.42 Å². The van der Waals surface area contributed by atoms with Gasteiger partial charge in [0.2, 0.25) is 5.95 Å². The molecule has 0 aliphatic heterocycles. The summed E-state index contributed by atoms with van der Waals surface area (Å²) in [5.41, 5.74) is 14.3. The zero-order valence-corrected chi connectivity index (χ0v) is 28.2. The minimum absolute atomic E-state index is 0.126. The van der Waals surface area contributed by atoms with Crippen LogP contribution in [0.25, 0.3) is 94.1 Å². The highest BCUT2D eigenvalue weighted by Crippen LogP contribution is 2.52. The van der Waals surface area contributed by atoms with E-state index in [0.717, 1.165) is 65.9 Å². The largest absolute Gasteiger partial charge is 0.454 e. The van der Waals surface area contributed by atoms with Crippen molar-refractivity contribution in [2.45, 2.75) is 19.3 Å². The number of rotatable bonds is 3. The van der Waals surface area contributed by atoms with Crippen LogP contribution in [0.15, 0.2) is 156 Å². The summed E-state index contributed by atoms with van der Waals surface area (Å²) in [6, 6.07) is 53.9. The van der Waals surface area contributed by atoms with Gasteiger partial charge in [-0.2, -0.15) is 0 Å². The van der Waals surface area contributed by atoms with Crippen LogP contribution in [0.4, 0.5) is 0 Å². The quantitative estimate of drug-likeness (QED) is 0.191. The Hall–Kier alpha value is -6.52. The molecule has 0 unspecified atom stereocenters. The average molecular weight is 654 g/mol. The van der Waals surface area contributed by atoms with Crippen LogP contribution in [-0.2, 0) is 5.41 Å². The zero-order chi connectivity index (χ0) is 33.8. The van der Waals surface area contributed by atoms with Crippen molar-refractivity contribution in [2.75, 3.05) is 0 Å². The Labute approximate surface area is 294 Å². The van der Waals surface area contributed by atoms with Crippen molar-refractivity contribution in [2.24, 2.45) is 0 Å². The van der Waals surface area contributed by atoms with Gasteiger partial charge in [-0.1, -0.05) is 135 Å². The lowest BCUT2D eigenvalue weighted by molar-refractivity contribution is 0.662. The molecule has 4 nitrogen and oxygen atoms in total. The molecule has 0 spiro atoms. The predicted octanol–water partition coefficient (Wildman–Crippen LogP) is 12.3. The molecule has 0 saturated carbocycles. The number of para-hydroxylation sites is 2. The Balaban J connectivity index is 1.24. The lowest BCUT2D eigenvalue weighted by atomic mass is 9.79. The van der Waals surface area contributed by atoms with Gasteiger partial charge in [-0.05, 0) is 63.7 Å². The third-order valence-corrected chi connectivity index (χ3v) is 11.0. The molecule has 0 amide bonds. The highest BCUT2D eigenvalue weighted by molar-refractivity contribution is 6.22. The van der Waals surface area contributed by atoms with Crippen molar-refractivity contribution in [3.63, 3.8) is 0 Å². The Morgan fingerprint density at radius 3 is 2.16 bits per heavy atom. The van der Waals surface area contributed by atoms with Gasteiger partial charge in [0, 0.05) is 37.9 Å². The average Bonchev–Trinajstić information content (AvgIpc) is 3.80. The normalized spacial score (nSPS) is 13.5. The second kappa shape index (κ2) is 10.3. The number of hydrogen-bond donors (Lipinski definition) is 0. The predicted molar refractivity (Wildman–Crippen MR) is 210 cm³/mol. The first-order chi connectivity index (χ1) is 25.1. The molecule has 0 bridgehead atoms. The van der Waals surface area contributed by atoms with Crippen LogP contribution in [0.1, 0.15) is 25.0 Å². The van der Waals surface area contributed by atoms with E-state index in [1.165, 1.54) is 33.4 Å². The van der Waals surface area contributed by atoms with Gasteiger partial charge >= 0.3 is 0 Å². The first kappa shape index (κ1) is 28.3. The maximum absolute atomic E-state index is 6.72. The summed E-state index contributed by atoms with van der Waals surface area (Å²) in [6.45, 7) is 4.70. The van der Waals surface area contributed by atoms with Crippen molar-refractivity contribution in [3.05, 3.63) is 163 Å². The maximum Gasteiger partial charge on any atom is 0.235 e. The molecule has 0 saturated heterocycles. The van der Waals surface area contributed by atoms with Crippen LogP contribution >= 0.6 is 0 Å². The monoisotopic (exact) mass is 653 g/mol. The first-order valence-electron chi connectivity index (χ1n) is 17.5. The van der Waals surface area contributed by atoms with E-state index < -0.39 is 0 Å². The molecule has 3 heterocycles. The smallest absolute Gasteiger partial charge is 0.235 e. The molecule has 7 aromatic carbocycles. The van der Waals surface area contributed by atoms with E-state index in [4.69, 9.17) is 14.4 Å². The van der Waals surface area contributed by atoms with E-state index in [1.807, 2.05) is 24.3 Å². The highest BCUT2D eigenvalue weighted by Gasteiger charge is 2.37. The van der Waals surface area contributed by atoms with Crippen LogP contribution in [0.2, 0.25) is 0 Å². The van der Waals surface area contributed by atoms with Crippen molar-refractivity contribution in [3.8, 4) is 39.5 Å². The van der Waals surface area contributed by atoms with E-state index in [9.17, 15) is 0 Å². The van der Waals surface area contributed by atoms with Crippen molar-refractivity contribution in [1.82, 2.24) is 14.5 Å². The van der Waals surface area contributed by atoms with Crippen molar-refractivity contribution >= 4 is 54.6 Å². The van der Waals surface area contributed by atoms with E-state index in [0.29, 0.717) is 5.95 Å². The minimum atomic E-state index is -0.126. The maximum atomic E-state index is 6.72. The third-order valence-electron chi connectivity index (χ3n) is 11.0. The van der Waals surface area contributed by atoms with Gasteiger partial charge in [0.05, 0.1) is 16.7 Å². The van der Waals surface area contributed by atoms with Gasteiger partial charge in [-0.15, -0.1) is 0 Å². The summed E-state index contributed by atoms with van der Waals surface area (Å²) in [4.78, 5) is 10.6. The molecule has 4 heteroatoms. The number of nitrogens with zero attached hydrogens (tertiary/aromatic N) is 3. The minimum Gasteiger partial charge on any atom is -0.454 e. The molecule has 0 atom stereocenters. The van der Waals surface area contributed by atoms with Gasteiger partial charge < -0.3 is 4.42 Å². The molecule has 0 fully saturated rings. The second-order valence-corrected chi connectivity index (χ2v) is 14.2. The van der Waals surface area contributed by atoms with E-state index in [2.05, 4.69) is 146 Å². The van der Waals surface area contributed by atoms with Crippen LogP contribution in [-0.4, -0.2) is 14.5 Å². The molecular weight excluding hydrogens is 623 g/mol. The molecule has 1 aliphatic rings. The lowest BCUT2D eigenvalue weighted by Crippen LogP contribution is -2.16. The molecule has 3 aromatic heterocycles. The van der Waals surface area contributed by atoms with E-state index >= 15 is 0 Å². The SMILES string of the molecule is CC1(C)c2ccccc2-c2cccc(-c3ccc4c(c3)c3ccc5c6ccccc6oc5c3n4-c3nc(-c4ccccc4)c4ccccc4n3)c21. The van der Waals surface area contributed by atoms with Gasteiger partial charge in [0.15, 0.2) is 5.58 Å². The summed E-state index contributed by atoms with van der Waals surface area (Å²) in [6.07, 6.45) is 0. The Morgan fingerprint density at radius 1 is 0.529 bits per heavy atom. The molecule has 240 valence electrons. The van der Waals surface area contributed by atoms with Crippen LogP contribution in [0.5, 0.6) is 0 Å². The Bertz CT molecular complexity index is 3060. The highest BCUT2D eigenvalue weighted by atomic mass is 16.3. The van der Waals surface area contributed by atoms with Crippen LogP contribution < -0.4 is 0 Å².